The Balaban J connectivity index is 1.41. The van der Waals surface area contributed by atoms with Crippen LogP contribution in [-0.2, 0) is 5.41 Å². The summed E-state index contributed by atoms with van der Waals surface area (Å²) in [5, 5.41) is 5.22. The van der Waals surface area contributed by atoms with Crippen LogP contribution in [-0.4, -0.2) is 0 Å². The van der Waals surface area contributed by atoms with Gasteiger partial charge >= 0.3 is 0 Å². The van der Waals surface area contributed by atoms with Gasteiger partial charge in [0.05, 0.1) is 11.4 Å². The lowest BCUT2D eigenvalue weighted by Gasteiger charge is -2.31. The van der Waals surface area contributed by atoms with E-state index in [1.54, 1.807) is 0 Å². The van der Waals surface area contributed by atoms with Gasteiger partial charge in [-0.25, -0.2) is 0 Å². The molecule has 9 rings (SSSR count). The maximum absolute atomic E-state index is 2.52. The van der Waals surface area contributed by atoms with E-state index in [9.17, 15) is 0 Å². The van der Waals surface area contributed by atoms with Gasteiger partial charge < -0.3 is 4.90 Å². The van der Waals surface area contributed by atoms with Crippen molar-refractivity contribution < 1.29 is 0 Å². The second-order valence-corrected chi connectivity index (χ2v) is 13.6. The first kappa shape index (κ1) is 26.2. The van der Waals surface area contributed by atoms with Crippen LogP contribution in [0.25, 0.3) is 53.2 Å². The van der Waals surface area contributed by atoms with Crippen LogP contribution in [0, 0.1) is 0 Å². The van der Waals surface area contributed by atoms with Gasteiger partial charge in [-0.2, -0.15) is 0 Å². The maximum Gasteiger partial charge on any atom is 0.0549 e. The largest absolute Gasteiger partial charge is 0.309 e. The van der Waals surface area contributed by atoms with Gasteiger partial charge in [-0.15, -0.1) is 11.3 Å². The van der Waals surface area contributed by atoms with E-state index < -0.39 is 0 Å². The summed E-state index contributed by atoms with van der Waals surface area (Å²) in [4.78, 5) is 2.52. The lowest BCUT2D eigenvalue weighted by atomic mass is 9.80. The highest BCUT2D eigenvalue weighted by Crippen LogP contribution is 2.57. The normalized spacial score (nSPS) is 13.3. The quantitative estimate of drug-likeness (QED) is 0.196. The summed E-state index contributed by atoms with van der Waals surface area (Å²) in [5.74, 6) is 0. The number of nitrogens with zero attached hydrogens (tertiary/aromatic N) is 1. The highest BCUT2D eigenvalue weighted by molar-refractivity contribution is 7.25. The van der Waals surface area contributed by atoms with E-state index in [0.717, 1.165) is 5.69 Å². The molecule has 0 atom stereocenters. The molecule has 45 heavy (non-hydrogen) atoms. The van der Waals surface area contributed by atoms with Crippen LogP contribution >= 0.6 is 11.3 Å². The van der Waals surface area contributed by atoms with Crippen molar-refractivity contribution in [1.82, 2.24) is 0 Å². The topological polar surface area (TPSA) is 3.24 Å². The van der Waals surface area contributed by atoms with Gasteiger partial charge in [-0.3, -0.25) is 0 Å². The van der Waals surface area contributed by atoms with Crippen LogP contribution in [0.15, 0.2) is 152 Å². The van der Waals surface area contributed by atoms with Crippen LogP contribution in [0.4, 0.5) is 17.1 Å². The molecule has 0 N–H and O–H groups in total. The van der Waals surface area contributed by atoms with Crippen molar-refractivity contribution in [3.8, 4) is 22.3 Å². The van der Waals surface area contributed by atoms with Crippen molar-refractivity contribution in [3.05, 3.63) is 163 Å². The van der Waals surface area contributed by atoms with E-state index >= 15 is 0 Å². The lowest BCUT2D eigenvalue weighted by Crippen LogP contribution is -2.17. The van der Waals surface area contributed by atoms with Crippen molar-refractivity contribution in [2.75, 3.05) is 4.90 Å². The van der Waals surface area contributed by atoms with Gasteiger partial charge in [0, 0.05) is 42.4 Å². The van der Waals surface area contributed by atoms with E-state index in [2.05, 4.69) is 170 Å². The Hall–Kier alpha value is -5.18. The molecule has 0 spiro atoms. The molecule has 214 valence electrons. The van der Waals surface area contributed by atoms with E-state index in [-0.39, 0.29) is 5.41 Å². The molecule has 1 aliphatic carbocycles. The number of hydrogen-bond acceptors (Lipinski definition) is 2. The molecular formula is C43H31NS. The summed E-state index contributed by atoms with van der Waals surface area (Å²) in [5.41, 5.74) is 11.3. The van der Waals surface area contributed by atoms with E-state index in [0.29, 0.717) is 0 Å². The number of fused-ring (bicyclic) bond motifs is 8. The van der Waals surface area contributed by atoms with Gasteiger partial charge in [0.2, 0.25) is 0 Å². The fourth-order valence-corrected chi connectivity index (χ4v) is 8.74. The second kappa shape index (κ2) is 9.92. The second-order valence-electron chi connectivity index (χ2n) is 12.5. The predicted molar refractivity (Wildman–Crippen MR) is 195 cm³/mol. The van der Waals surface area contributed by atoms with Crippen molar-refractivity contribution in [3.63, 3.8) is 0 Å². The summed E-state index contributed by atoms with van der Waals surface area (Å²) in [6, 6.07) is 55.8. The van der Waals surface area contributed by atoms with Gasteiger partial charge in [-0.05, 0) is 63.4 Å². The van der Waals surface area contributed by atoms with E-state index in [1.165, 1.54) is 75.7 Å². The summed E-state index contributed by atoms with van der Waals surface area (Å²) in [7, 11) is 0. The Labute approximate surface area is 267 Å². The molecule has 0 radical (unpaired) electrons. The fourth-order valence-electron chi connectivity index (χ4n) is 7.60. The predicted octanol–water partition coefficient (Wildman–Crippen LogP) is 12.7. The zero-order valence-corrected chi connectivity index (χ0v) is 26.1. The highest BCUT2D eigenvalue weighted by Gasteiger charge is 2.39. The zero-order valence-electron chi connectivity index (χ0n) is 25.3. The van der Waals surface area contributed by atoms with Crippen LogP contribution in [0.3, 0.4) is 0 Å². The van der Waals surface area contributed by atoms with Gasteiger partial charge in [0.25, 0.3) is 0 Å². The molecule has 1 aliphatic rings. The number of para-hydroxylation sites is 1. The third-order valence-corrected chi connectivity index (χ3v) is 10.7. The SMILES string of the molecule is CC1(C)c2ccccc2-c2c(N(c3ccc4c(c3)sc3ccccc34)c3ccccc3-c3ccccc3)cc3ccccc3c21. The minimum Gasteiger partial charge on any atom is -0.309 e. The maximum atomic E-state index is 2.52. The molecule has 1 aromatic heterocycles. The molecule has 0 fully saturated rings. The lowest BCUT2D eigenvalue weighted by molar-refractivity contribution is 0.666. The number of benzene rings is 7. The van der Waals surface area contributed by atoms with Gasteiger partial charge in [0.1, 0.15) is 0 Å². The summed E-state index contributed by atoms with van der Waals surface area (Å²) in [6.07, 6.45) is 0. The van der Waals surface area contributed by atoms with Crippen LogP contribution in [0.2, 0.25) is 0 Å². The van der Waals surface area contributed by atoms with E-state index in [4.69, 9.17) is 0 Å². The number of anilines is 3. The average molecular weight is 594 g/mol. The molecule has 0 amide bonds. The van der Waals surface area contributed by atoms with Crippen LogP contribution in [0.1, 0.15) is 25.0 Å². The molecule has 0 unspecified atom stereocenters. The molecule has 0 aliphatic heterocycles. The fraction of sp³-hybridized carbons (Fsp3) is 0.0698. The minimum absolute atomic E-state index is 0.137. The highest BCUT2D eigenvalue weighted by atomic mass is 32.1. The van der Waals surface area contributed by atoms with Crippen LogP contribution < -0.4 is 4.90 Å². The number of thiophene rings is 1. The summed E-state index contributed by atoms with van der Waals surface area (Å²) >= 11 is 1.87. The van der Waals surface area contributed by atoms with Gasteiger partial charge in [-0.1, -0.05) is 135 Å². The van der Waals surface area contributed by atoms with Gasteiger partial charge in [0.15, 0.2) is 0 Å². The van der Waals surface area contributed by atoms with Crippen molar-refractivity contribution in [2.24, 2.45) is 0 Å². The smallest absolute Gasteiger partial charge is 0.0549 e. The van der Waals surface area contributed by atoms with Crippen molar-refractivity contribution >= 4 is 59.3 Å². The molecule has 2 heteroatoms. The molecule has 1 nitrogen and oxygen atoms in total. The third kappa shape index (κ3) is 3.92. The summed E-state index contributed by atoms with van der Waals surface area (Å²) < 4.78 is 2.62. The Bertz CT molecular complexity index is 2410. The monoisotopic (exact) mass is 593 g/mol. The number of rotatable bonds is 4. The molecule has 7 aromatic carbocycles. The Morgan fingerprint density at radius 3 is 2.04 bits per heavy atom. The molecule has 0 bridgehead atoms. The minimum atomic E-state index is -0.137. The molecule has 0 saturated heterocycles. The third-order valence-electron chi connectivity index (χ3n) is 9.61. The Morgan fingerprint density at radius 1 is 0.511 bits per heavy atom. The van der Waals surface area contributed by atoms with E-state index in [1.807, 2.05) is 11.3 Å². The first-order valence-electron chi connectivity index (χ1n) is 15.6. The Kier molecular flexibility index (Phi) is 5.78. The standard InChI is InChI=1S/C43H31NS/c1-43(2)36-21-11-8-20-35(36)41-38(26-29-16-6-7-18-32(29)42(41)43)44(37-22-12-9-17-31(37)28-14-4-3-5-15-28)30-24-25-34-33-19-10-13-23-39(33)45-40(34)27-30/h3-27H,1-2H3. The molecule has 0 saturated carbocycles. The van der Waals surface area contributed by atoms with Crippen molar-refractivity contribution in [1.29, 1.82) is 0 Å². The first-order valence-corrected chi connectivity index (χ1v) is 16.4. The number of hydrogen-bond donors (Lipinski definition) is 0. The molecule has 1 heterocycles. The molecule has 8 aromatic rings. The van der Waals surface area contributed by atoms with Crippen LogP contribution in [0.5, 0.6) is 0 Å². The zero-order chi connectivity index (χ0) is 30.1. The first-order chi connectivity index (χ1) is 22.1. The summed E-state index contributed by atoms with van der Waals surface area (Å²) in [6.45, 7) is 4.78. The van der Waals surface area contributed by atoms with Crippen molar-refractivity contribution in [2.45, 2.75) is 19.3 Å². The molecular weight excluding hydrogens is 563 g/mol. The average Bonchev–Trinajstić information content (AvgIpc) is 3.57. The Morgan fingerprint density at radius 2 is 1.18 bits per heavy atom.